The summed E-state index contributed by atoms with van der Waals surface area (Å²) in [7, 11) is -3.81. The number of nitrogens with zero attached hydrogens (tertiary/aromatic N) is 2. The van der Waals surface area contributed by atoms with Gasteiger partial charge in [-0.15, -0.1) is 0 Å². The monoisotopic (exact) mass is 402 g/mol. The summed E-state index contributed by atoms with van der Waals surface area (Å²) in [4.78, 5) is 0.0892. The molecule has 0 saturated carbocycles. The summed E-state index contributed by atoms with van der Waals surface area (Å²) >= 11 is 0. The first kappa shape index (κ1) is 22.1. The molecule has 0 aliphatic heterocycles. The average Bonchev–Trinajstić information content (AvgIpc) is 2.72. The zero-order valence-electron chi connectivity index (χ0n) is 16.2. The van der Waals surface area contributed by atoms with E-state index in [9.17, 15) is 8.42 Å². The van der Waals surface area contributed by atoms with Crippen LogP contribution in [0.1, 0.15) is 25.0 Å². The van der Waals surface area contributed by atoms with Crippen LogP contribution in [0.2, 0.25) is 0 Å². The van der Waals surface area contributed by atoms with E-state index in [1.165, 1.54) is 16.4 Å². The van der Waals surface area contributed by atoms with Gasteiger partial charge in [0, 0.05) is 19.8 Å². The standard InChI is InChI=1S/C21H26N2O4S/c1-3-26-21(27-4-2)17-23(14-13-18-9-6-5-7-10-18)28(24,25)20-12-8-11-19(15-20)16-22/h5-12,15,21H,3-4,13-14,17H2,1-2H3. The molecule has 0 aromatic heterocycles. The number of ether oxygens (including phenoxy) is 2. The number of hydrogen-bond donors (Lipinski definition) is 0. The SMILES string of the molecule is CCOC(CN(CCc1ccccc1)S(=O)(=O)c1cccc(C#N)c1)OCC. The molecule has 0 N–H and O–H groups in total. The third-order valence-electron chi connectivity index (χ3n) is 4.15. The Morgan fingerprint density at radius 2 is 1.71 bits per heavy atom. The second-order valence-electron chi connectivity index (χ2n) is 6.08. The van der Waals surface area contributed by atoms with E-state index in [1.807, 2.05) is 50.2 Å². The second-order valence-corrected chi connectivity index (χ2v) is 8.02. The minimum absolute atomic E-state index is 0.0770. The smallest absolute Gasteiger partial charge is 0.243 e. The lowest BCUT2D eigenvalue weighted by Crippen LogP contribution is -2.41. The van der Waals surface area contributed by atoms with E-state index in [0.29, 0.717) is 25.2 Å². The van der Waals surface area contributed by atoms with Crippen LogP contribution in [0.15, 0.2) is 59.5 Å². The Morgan fingerprint density at radius 1 is 1.04 bits per heavy atom. The molecule has 150 valence electrons. The van der Waals surface area contributed by atoms with Gasteiger partial charge in [0.1, 0.15) is 0 Å². The van der Waals surface area contributed by atoms with Crippen molar-refractivity contribution >= 4 is 10.0 Å². The van der Waals surface area contributed by atoms with Gasteiger partial charge in [0.2, 0.25) is 10.0 Å². The summed E-state index contributed by atoms with van der Waals surface area (Å²) in [5, 5.41) is 9.11. The number of rotatable bonds is 11. The Kier molecular flexibility index (Phi) is 8.61. The van der Waals surface area contributed by atoms with Crippen molar-refractivity contribution in [1.29, 1.82) is 5.26 Å². The van der Waals surface area contributed by atoms with Crippen molar-refractivity contribution in [2.75, 3.05) is 26.3 Å². The van der Waals surface area contributed by atoms with E-state index in [4.69, 9.17) is 14.7 Å². The van der Waals surface area contributed by atoms with Gasteiger partial charge in [-0.3, -0.25) is 0 Å². The maximum absolute atomic E-state index is 13.3. The summed E-state index contributed by atoms with van der Waals surface area (Å²) in [5.41, 5.74) is 1.34. The van der Waals surface area contributed by atoms with Gasteiger partial charge in [0.05, 0.1) is 23.1 Å². The lowest BCUT2D eigenvalue weighted by molar-refractivity contribution is -0.140. The number of hydrogen-bond acceptors (Lipinski definition) is 5. The summed E-state index contributed by atoms with van der Waals surface area (Å²) < 4.78 is 39.0. The fraction of sp³-hybridized carbons (Fsp3) is 0.381. The van der Waals surface area contributed by atoms with Gasteiger partial charge >= 0.3 is 0 Å². The summed E-state index contributed by atoms with van der Waals surface area (Å²) in [6, 6.07) is 17.7. The molecule has 6 nitrogen and oxygen atoms in total. The summed E-state index contributed by atoms with van der Waals surface area (Å²) in [6.45, 7) is 4.87. The van der Waals surface area contributed by atoms with Crippen LogP contribution >= 0.6 is 0 Å². The van der Waals surface area contributed by atoms with Crippen molar-refractivity contribution < 1.29 is 17.9 Å². The Bertz CT molecular complexity index is 873. The van der Waals surface area contributed by atoms with E-state index in [0.717, 1.165) is 5.56 Å². The van der Waals surface area contributed by atoms with Crippen molar-refractivity contribution in [3.05, 3.63) is 65.7 Å². The minimum Gasteiger partial charge on any atom is -0.352 e. The second kappa shape index (κ2) is 10.9. The van der Waals surface area contributed by atoms with Crippen LogP contribution in [0.5, 0.6) is 0 Å². The molecule has 0 aliphatic carbocycles. The molecule has 0 fully saturated rings. The fourth-order valence-electron chi connectivity index (χ4n) is 2.77. The topological polar surface area (TPSA) is 79.6 Å². The van der Waals surface area contributed by atoms with Crippen LogP contribution in [0.25, 0.3) is 0 Å². The highest BCUT2D eigenvalue weighted by molar-refractivity contribution is 7.89. The molecule has 7 heteroatoms. The molecule has 0 radical (unpaired) electrons. The molecule has 0 atom stereocenters. The Balaban J connectivity index is 2.30. The van der Waals surface area contributed by atoms with Gasteiger partial charge in [-0.2, -0.15) is 9.57 Å². The van der Waals surface area contributed by atoms with Crippen molar-refractivity contribution in [2.24, 2.45) is 0 Å². The quantitative estimate of drug-likeness (QED) is 0.539. The van der Waals surface area contributed by atoms with E-state index in [1.54, 1.807) is 12.1 Å². The molecule has 2 aromatic carbocycles. The van der Waals surface area contributed by atoms with Crippen molar-refractivity contribution in [2.45, 2.75) is 31.5 Å². The van der Waals surface area contributed by atoms with Crippen molar-refractivity contribution in [3.8, 4) is 6.07 Å². The molecule has 28 heavy (non-hydrogen) atoms. The van der Waals surface area contributed by atoms with E-state index in [-0.39, 0.29) is 18.0 Å². The van der Waals surface area contributed by atoms with E-state index < -0.39 is 16.3 Å². The van der Waals surface area contributed by atoms with Gasteiger partial charge in [-0.05, 0) is 44.0 Å². The molecule has 0 unspecified atom stereocenters. The molecule has 2 aromatic rings. The largest absolute Gasteiger partial charge is 0.352 e. The first-order valence-electron chi connectivity index (χ1n) is 9.28. The molecular formula is C21H26N2O4S. The highest BCUT2D eigenvalue weighted by Crippen LogP contribution is 2.19. The molecule has 0 bridgehead atoms. The van der Waals surface area contributed by atoms with Crippen molar-refractivity contribution in [1.82, 2.24) is 4.31 Å². The maximum Gasteiger partial charge on any atom is 0.243 e. The molecule has 0 heterocycles. The third kappa shape index (κ3) is 6.14. The van der Waals surface area contributed by atoms with Crippen LogP contribution in [0.3, 0.4) is 0 Å². The first-order valence-corrected chi connectivity index (χ1v) is 10.7. The normalized spacial score (nSPS) is 11.7. The Hall–Kier alpha value is -2.24. The van der Waals surface area contributed by atoms with Gasteiger partial charge < -0.3 is 9.47 Å². The summed E-state index contributed by atoms with van der Waals surface area (Å²) in [5.74, 6) is 0. The number of benzene rings is 2. The van der Waals surface area contributed by atoms with E-state index >= 15 is 0 Å². The van der Waals surface area contributed by atoms with Gasteiger partial charge in [0.15, 0.2) is 6.29 Å². The molecule has 0 spiro atoms. The Labute approximate surface area is 167 Å². The molecule has 0 saturated heterocycles. The molecular weight excluding hydrogens is 376 g/mol. The number of nitriles is 1. The lowest BCUT2D eigenvalue weighted by Gasteiger charge is -2.27. The zero-order valence-corrected chi connectivity index (χ0v) is 17.1. The maximum atomic E-state index is 13.3. The van der Waals surface area contributed by atoms with Crippen LogP contribution in [-0.2, 0) is 25.9 Å². The first-order chi connectivity index (χ1) is 13.5. The molecule has 2 rings (SSSR count). The van der Waals surface area contributed by atoms with Gasteiger partial charge in [0.25, 0.3) is 0 Å². The van der Waals surface area contributed by atoms with E-state index in [2.05, 4.69) is 0 Å². The Morgan fingerprint density at radius 3 is 2.32 bits per heavy atom. The van der Waals surface area contributed by atoms with Crippen LogP contribution in [-0.4, -0.2) is 45.3 Å². The minimum atomic E-state index is -3.81. The average molecular weight is 403 g/mol. The fourth-order valence-corrected chi connectivity index (χ4v) is 4.25. The highest BCUT2D eigenvalue weighted by atomic mass is 32.2. The summed E-state index contributed by atoms with van der Waals surface area (Å²) in [6.07, 6.45) is -0.0945. The van der Waals surface area contributed by atoms with Crippen LogP contribution in [0.4, 0.5) is 0 Å². The molecule has 0 amide bonds. The van der Waals surface area contributed by atoms with Gasteiger partial charge in [-0.1, -0.05) is 36.4 Å². The van der Waals surface area contributed by atoms with Gasteiger partial charge in [-0.25, -0.2) is 8.42 Å². The zero-order chi connectivity index (χ0) is 20.4. The predicted octanol–water partition coefficient (Wildman–Crippen LogP) is 3.19. The number of sulfonamides is 1. The highest BCUT2D eigenvalue weighted by Gasteiger charge is 2.28. The predicted molar refractivity (Wildman–Crippen MR) is 107 cm³/mol. The molecule has 0 aliphatic rings. The van der Waals surface area contributed by atoms with Crippen LogP contribution < -0.4 is 0 Å². The van der Waals surface area contributed by atoms with Crippen LogP contribution in [0, 0.1) is 11.3 Å². The van der Waals surface area contributed by atoms with Crippen molar-refractivity contribution in [3.63, 3.8) is 0 Å². The lowest BCUT2D eigenvalue weighted by atomic mass is 10.1. The third-order valence-corrected chi connectivity index (χ3v) is 6.01.